The predicted molar refractivity (Wildman–Crippen MR) is 165 cm³/mol. The molecule has 12 heteroatoms. The van der Waals surface area contributed by atoms with Crippen LogP contribution in [0.25, 0.3) is 0 Å². The summed E-state index contributed by atoms with van der Waals surface area (Å²) in [5.74, 6) is 0.286. The van der Waals surface area contributed by atoms with Gasteiger partial charge in [-0.15, -0.1) is 0 Å². The summed E-state index contributed by atoms with van der Waals surface area (Å²) in [6.07, 6.45) is 5.29. The van der Waals surface area contributed by atoms with E-state index in [1.807, 2.05) is 70.7 Å². The molecule has 0 saturated heterocycles. The van der Waals surface area contributed by atoms with Crippen LogP contribution < -0.4 is 5.32 Å². The van der Waals surface area contributed by atoms with Gasteiger partial charge in [-0.1, -0.05) is 43.5 Å². The number of hydrogen-bond donors (Lipinski definition) is 1. The van der Waals surface area contributed by atoms with Crippen LogP contribution in [0, 0.1) is 0 Å². The Morgan fingerprint density at radius 1 is 0.833 bits per heavy atom. The molecule has 1 aromatic heterocycles. The Balaban J connectivity index is 1.65. The molecule has 232 valence electrons. The zero-order chi connectivity index (χ0) is 30.9. The second-order valence-electron chi connectivity index (χ2n) is 12.6. The van der Waals surface area contributed by atoms with E-state index in [0.29, 0.717) is 32.6 Å². The number of aromatic nitrogens is 3. The lowest BCUT2D eigenvalue weighted by molar-refractivity contribution is 0.00970. The smallest absolute Gasteiger partial charge is 0.410 e. The third kappa shape index (κ3) is 11.8. The molecule has 2 aromatic rings. The maximum atomic E-state index is 13.2. The van der Waals surface area contributed by atoms with Gasteiger partial charge in [-0.3, -0.25) is 0 Å². The third-order valence-corrected chi connectivity index (χ3v) is 6.89. The molecule has 1 fully saturated rings. The van der Waals surface area contributed by atoms with E-state index in [4.69, 9.17) is 32.7 Å². The highest BCUT2D eigenvalue weighted by molar-refractivity contribution is 6.31. The van der Waals surface area contributed by atoms with Gasteiger partial charge in [0.15, 0.2) is 0 Å². The largest absolute Gasteiger partial charge is 0.444 e. The third-order valence-electron chi connectivity index (χ3n) is 6.55. The van der Waals surface area contributed by atoms with Crippen molar-refractivity contribution in [3.63, 3.8) is 0 Å². The zero-order valence-corrected chi connectivity index (χ0v) is 27.1. The molecule has 0 spiro atoms. The van der Waals surface area contributed by atoms with Crippen LogP contribution >= 0.6 is 23.2 Å². The van der Waals surface area contributed by atoms with Crippen LogP contribution in [0.2, 0.25) is 10.6 Å². The molecule has 2 amide bonds. The van der Waals surface area contributed by atoms with Crippen molar-refractivity contribution in [1.29, 1.82) is 0 Å². The number of nitrogens with zero attached hydrogens (tertiary/aromatic N) is 5. The van der Waals surface area contributed by atoms with Crippen LogP contribution in [-0.2, 0) is 22.6 Å². The van der Waals surface area contributed by atoms with Crippen molar-refractivity contribution in [3.05, 3.63) is 46.0 Å². The van der Waals surface area contributed by atoms with Crippen LogP contribution in [-0.4, -0.2) is 67.3 Å². The van der Waals surface area contributed by atoms with Crippen molar-refractivity contribution >= 4 is 41.3 Å². The highest BCUT2D eigenvalue weighted by atomic mass is 35.5. The summed E-state index contributed by atoms with van der Waals surface area (Å²) in [5.41, 5.74) is 0.735. The number of halogens is 2. The Morgan fingerprint density at radius 3 is 1.95 bits per heavy atom. The summed E-state index contributed by atoms with van der Waals surface area (Å²) in [4.78, 5) is 41.6. The molecule has 1 aliphatic rings. The molecule has 1 aliphatic carbocycles. The summed E-state index contributed by atoms with van der Waals surface area (Å²) < 4.78 is 11.5. The van der Waals surface area contributed by atoms with Crippen LogP contribution in [0.3, 0.4) is 0 Å². The predicted octanol–water partition coefficient (Wildman–Crippen LogP) is 7.49. The van der Waals surface area contributed by atoms with E-state index in [1.165, 1.54) is 6.42 Å². The van der Waals surface area contributed by atoms with Crippen LogP contribution in [0.15, 0.2) is 24.3 Å². The van der Waals surface area contributed by atoms with Crippen LogP contribution in [0.1, 0.15) is 91.2 Å². The van der Waals surface area contributed by atoms with Gasteiger partial charge in [-0.05, 0) is 95.1 Å². The zero-order valence-electron chi connectivity index (χ0n) is 25.6. The molecular weight excluding hydrogens is 579 g/mol. The second-order valence-corrected chi connectivity index (χ2v) is 13.3. The van der Waals surface area contributed by atoms with Crippen molar-refractivity contribution in [3.8, 4) is 0 Å². The van der Waals surface area contributed by atoms with Gasteiger partial charge < -0.3 is 24.6 Å². The van der Waals surface area contributed by atoms with Gasteiger partial charge >= 0.3 is 12.2 Å². The van der Waals surface area contributed by atoms with Crippen molar-refractivity contribution in [2.75, 3.05) is 18.4 Å². The first-order valence-electron chi connectivity index (χ1n) is 14.5. The fourth-order valence-corrected chi connectivity index (χ4v) is 5.06. The summed E-state index contributed by atoms with van der Waals surface area (Å²) in [6.45, 7) is 13.0. The van der Waals surface area contributed by atoms with Crippen molar-refractivity contribution in [1.82, 2.24) is 24.8 Å². The minimum Gasteiger partial charge on any atom is -0.444 e. The average molecular weight is 624 g/mol. The molecule has 1 aromatic carbocycles. The number of rotatable bonds is 10. The lowest BCUT2D eigenvalue weighted by Gasteiger charge is -2.36. The Hall–Kier alpha value is -2.85. The highest BCUT2D eigenvalue weighted by Crippen LogP contribution is 2.25. The Kier molecular flexibility index (Phi) is 12.1. The fourth-order valence-electron chi connectivity index (χ4n) is 4.70. The number of nitrogens with one attached hydrogen (secondary N) is 1. The average Bonchev–Trinajstić information content (AvgIpc) is 2.88. The Labute approximate surface area is 259 Å². The lowest BCUT2D eigenvalue weighted by atomic mass is 9.94. The molecule has 0 aliphatic heterocycles. The normalized spacial score (nSPS) is 14.3. The number of carbonyl (C=O) groups excluding carboxylic acids is 2. The highest BCUT2D eigenvalue weighted by Gasteiger charge is 2.30. The molecule has 0 radical (unpaired) electrons. The minimum absolute atomic E-state index is 0.0167. The number of carbonyl (C=O) groups is 2. The van der Waals surface area contributed by atoms with Crippen molar-refractivity contribution in [2.24, 2.45) is 0 Å². The first kappa shape index (κ1) is 33.6. The maximum Gasteiger partial charge on any atom is 0.410 e. The Morgan fingerprint density at radius 2 is 1.38 bits per heavy atom. The molecule has 1 saturated carbocycles. The summed E-state index contributed by atoms with van der Waals surface area (Å²) >= 11 is 11.7. The van der Waals surface area contributed by atoms with Gasteiger partial charge in [-0.25, -0.2) is 9.59 Å². The van der Waals surface area contributed by atoms with Gasteiger partial charge in [0.1, 0.15) is 11.2 Å². The molecule has 0 bridgehead atoms. The van der Waals surface area contributed by atoms with Gasteiger partial charge in [0.25, 0.3) is 0 Å². The molecule has 1 N–H and O–H groups in total. The fraction of sp³-hybridized carbons (Fsp3) is 0.633. The van der Waals surface area contributed by atoms with E-state index >= 15 is 0 Å². The molecule has 1 heterocycles. The summed E-state index contributed by atoms with van der Waals surface area (Å²) in [6, 6.07) is 8.03. The van der Waals surface area contributed by atoms with Gasteiger partial charge in [0.2, 0.25) is 16.5 Å². The van der Waals surface area contributed by atoms with Crippen molar-refractivity contribution in [2.45, 2.75) is 110 Å². The van der Waals surface area contributed by atoms with E-state index in [2.05, 4.69) is 20.3 Å². The van der Waals surface area contributed by atoms with E-state index < -0.39 is 17.3 Å². The number of amides is 2. The quantitative estimate of drug-likeness (QED) is 0.290. The molecule has 10 nitrogen and oxygen atoms in total. The molecular formula is C30H44Cl2N6O4. The summed E-state index contributed by atoms with van der Waals surface area (Å²) in [5, 5.41) is 3.11. The first-order chi connectivity index (χ1) is 19.7. The van der Waals surface area contributed by atoms with E-state index in [9.17, 15) is 9.59 Å². The topological polar surface area (TPSA) is 110 Å². The van der Waals surface area contributed by atoms with E-state index in [0.717, 1.165) is 36.8 Å². The van der Waals surface area contributed by atoms with Gasteiger partial charge in [0.05, 0.1) is 0 Å². The SMILES string of the molecule is CC(C)(C)OC(=O)N(CCCN(C(=O)OC(C)(C)C)C1CCCCC1)Cc1ccc(CNc2nc(Cl)nc(Cl)n2)cc1. The minimum atomic E-state index is -0.629. The van der Waals surface area contributed by atoms with Crippen LogP contribution in [0.4, 0.5) is 15.5 Å². The van der Waals surface area contributed by atoms with Gasteiger partial charge in [-0.2, -0.15) is 15.0 Å². The number of anilines is 1. The standard InChI is InChI=1S/C30H44Cl2N6O4/c1-29(2,3)41-27(39)37(17-10-18-38(23-11-8-7-9-12-23)28(40)42-30(4,5)6)20-22-15-13-21(14-16-22)19-33-26-35-24(31)34-25(32)36-26/h13-16,23H,7-12,17-20H2,1-6H3,(H,33,34,35,36). The monoisotopic (exact) mass is 622 g/mol. The Bertz CT molecular complexity index is 1160. The number of ether oxygens (including phenoxy) is 2. The molecule has 0 unspecified atom stereocenters. The molecule has 3 rings (SSSR count). The van der Waals surface area contributed by atoms with Crippen LogP contribution in [0.5, 0.6) is 0 Å². The number of hydrogen-bond acceptors (Lipinski definition) is 8. The summed E-state index contributed by atoms with van der Waals surface area (Å²) in [7, 11) is 0. The van der Waals surface area contributed by atoms with Gasteiger partial charge in [0, 0.05) is 32.2 Å². The molecule has 42 heavy (non-hydrogen) atoms. The first-order valence-corrected chi connectivity index (χ1v) is 15.3. The number of benzene rings is 1. The lowest BCUT2D eigenvalue weighted by Crippen LogP contribution is -2.45. The maximum absolute atomic E-state index is 13.2. The van der Waals surface area contributed by atoms with E-state index in [1.54, 1.807) is 4.90 Å². The second kappa shape index (κ2) is 15.0. The molecule has 0 atom stereocenters. The van der Waals surface area contributed by atoms with Crippen molar-refractivity contribution < 1.29 is 19.1 Å². The van der Waals surface area contributed by atoms with E-state index in [-0.39, 0.29) is 28.7 Å².